The summed E-state index contributed by atoms with van der Waals surface area (Å²) in [5.41, 5.74) is 0.648. The maximum absolute atomic E-state index is 13.6. The minimum Gasteiger partial charge on any atom is -0.292 e. The Labute approximate surface area is 120 Å². The normalized spacial score (nSPS) is 11.0. The third-order valence-corrected chi connectivity index (χ3v) is 3.12. The molecule has 21 heavy (non-hydrogen) atoms. The van der Waals surface area contributed by atoms with Crippen LogP contribution in [0.5, 0.6) is 0 Å². The lowest BCUT2D eigenvalue weighted by Crippen LogP contribution is -2.10. The molecule has 1 aromatic carbocycles. The Morgan fingerprint density at radius 1 is 1.14 bits per heavy atom. The van der Waals surface area contributed by atoms with E-state index in [-0.39, 0.29) is 18.2 Å². The molecular formula is C16H14F3NO. The van der Waals surface area contributed by atoms with Gasteiger partial charge in [-0.25, -0.2) is 18.2 Å². The van der Waals surface area contributed by atoms with E-state index in [1.54, 1.807) is 6.07 Å². The summed E-state index contributed by atoms with van der Waals surface area (Å²) in [5.74, 6) is -2.78. The molecule has 2 rings (SSSR count). The van der Waals surface area contributed by atoms with Gasteiger partial charge in [0.05, 0.1) is 6.20 Å². The fourth-order valence-electron chi connectivity index (χ4n) is 2.03. The summed E-state index contributed by atoms with van der Waals surface area (Å²) in [5, 5.41) is 0. The molecule has 0 unspecified atom stereocenters. The number of aromatic nitrogens is 1. The van der Waals surface area contributed by atoms with E-state index in [0.29, 0.717) is 17.2 Å². The molecule has 1 heterocycles. The monoisotopic (exact) mass is 293 g/mol. The number of ketones is 1. The summed E-state index contributed by atoms with van der Waals surface area (Å²) < 4.78 is 39.9. The van der Waals surface area contributed by atoms with Gasteiger partial charge in [0.2, 0.25) is 0 Å². The smallest absolute Gasteiger partial charge is 0.188 e. The van der Waals surface area contributed by atoms with Gasteiger partial charge in [-0.05, 0) is 23.1 Å². The lowest BCUT2D eigenvalue weighted by atomic mass is 9.97. The number of hydrogen-bond donors (Lipinski definition) is 0. The standard InChI is InChI=1S/C16H14F3NO/c1-9(2)12-5-10(3-4-13(12)18)6-15(21)16-14(19)7-11(17)8-20-16/h3-5,7-9H,6H2,1-2H3. The number of pyridine rings is 1. The molecule has 0 fully saturated rings. The van der Waals surface area contributed by atoms with E-state index in [9.17, 15) is 18.0 Å². The average molecular weight is 293 g/mol. The van der Waals surface area contributed by atoms with Crippen molar-refractivity contribution in [2.75, 3.05) is 0 Å². The zero-order chi connectivity index (χ0) is 15.6. The highest BCUT2D eigenvalue weighted by molar-refractivity contribution is 5.95. The molecule has 0 atom stereocenters. The van der Waals surface area contributed by atoms with Crippen molar-refractivity contribution in [3.8, 4) is 0 Å². The number of Topliss-reactive ketones (excluding diaryl/α,β-unsaturated/α-hetero) is 1. The van der Waals surface area contributed by atoms with Crippen molar-refractivity contribution in [2.45, 2.75) is 26.2 Å². The summed E-state index contributed by atoms with van der Waals surface area (Å²) in [6.07, 6.45) is 0.677. The molecule has 0 aliphatic rings. The molecule has 2 nitrogen and oxygen atoms in total. The molecule has 1 aromatic heterocycles. The number of carbonyl (C=O) groups is 1. The van der Waals surface area contributed by atoms with Gasteiger partial charge in [-0.2, -0.15) is 0 Å². The van der Waals surface area contributed by atoms with Gasteiger partial charge >= 0.3 is 0 Å². The lowest BCUT2D eigenvalue weighted by molar-refractivity contribution is 0.0983. The van der Waals surface area contributed by atoms with Crippen LogP contribution in [0.15, 0.2) is 30.5 Å². The third kappa shape index (κ3) is 3.48. The molecule has 0 spiro atoms. The molecule has 0 saturated carbocycles. The Balaban J connectivity index is 2.25. The SMILES string of the molecule is CC(C)c1cc(CC(=O)c2ncc(F)cc2F)ccc1F. The van der Waals surface area contributed by atoms with Crippen molar-refractivity contribution >= 4 is 5.78 Å². The molecule has 0 amide bonds. The van der Waals surface area contributed by atoms with Gasteiger partial charge in [0, 0.05) is 12.5 Å². The van der Waals surface area contributed by atoms with Crippen molar-refractivity contribution in [3.05, 3.63) is 64.7 Å². The van der Waals surface area contributed by atoms with Crippen LogP contribution in [0.2, 0.25) is 0 Å². The molecule has 110 valence electrons. The highest BCUT2D eigenvalue weighted by atomic mass is 19.1. The van der Waals surface area contributed by atoms with Crippen LogP contribution in [0.4, 0.5) is 13.2 Å². The zero-order valence-electron chi connectivity index (χ0n) is 11.7. The summed E-state index contributed by atoms with van der Waals surface area (Å²) in [4.78, 5) is 15.5. The Hall–Kier alpha value is -2.17. The van der Waals surface area contributed by atoms with Crippen LogP contribution in [-0.2, 0) is 6.42 Å². The first-order valence-electron chi connectivity index (χ1n) is 6.51. The van der Waals surface area contributed by atoms with E-state index in [1.807, 2.05) is 13.8 Å². The molecule has 0 radical (unpaired) electrons. The minimum absolute atomic E-state index is 0.0271. The molecule has 0 aliphatic carbocycles. The Morgan fingerprint density at radius 3 is 2.48 bits per heavy atom. The third-order valence-electron chi connectivity index (χ3n) is 3.12. The highest BCUT2D eigenvalue weighted by Gasteiger charge is 2.16. The zero-order valence-corrected chi connectivity index (χ0v) is 11.7. The van der Waals surface area contributed by atoms with Crippen molar-refractivity contribution in [1.29, 1.82) is 0 Å². The van der Waals surface area contributed by atoms with Crippen LogP contribution in [0.3, 0.4) is 0 Å². The molecule has 0 saturated heterocycles. The first kappa shape index (κ1) is 15.2. The van der Waals surface area contributed by atoms with Crippen LogP contribution in [-0.4, -0.2) is 10.8 Å². The Bertz CT molecular complexity index is 683. The molecule has 2 aromatic rings. The first-order valence-corrected chi connectivity index (χ1v) is 6.51. The first-order chi connectivity index (χ1) is 9.88. The van der Waals surface area contributed by atoms with Gasteiger partial charge in [0.1, 0.15) is 17.3 Å². The number of carbonyl (C=O) groups excluding carboxylic acids is 1. The number of benzene rings is 1. The fourth-order valence-corrected chi connectivity index (χ4v) is 2.03. The van der Waals surface area contributed by atoms with Crippen LogP contribution in [0.25, 0.3) is 0 Å². The van der Waals surface area contributed by atoms with Gasteiger partial charge < -0.3 is 0 Å². The maximum Gasteiger partial charge on any atom is 0.188 e. The topological polar surface area (TPSA) is 30.0 Å². The quantitative estimate of drug-likeness (QED) is 0.796. The van der Waals surface area contributed by atoms with Crippen LogP contribution >= 0.6 is 0 Å². The fraction of sp³-hybridized carbons (Fsp3) is 0.250. The predicted molar refractivity (Wildman–Crippen MR) is 72.7 cm³/mol. The number of halogens is 3. The molecule has 0 N–H and O–H groups in total. The largest absolute Gasteiger partial charge is 0.292 e. The second-order valence-electron chi connectivity index (χ2n) is 5.09. The molecule has 0 aliphatic heterocycles. The second kappa shape index (κ2) is 6.08. The van der Waals surface area contributed by atoms with E-state index in [4.69, 9.17) is 0 Å². The van der Waals surface area contributed by atoms with Gasteiger partial charge in [0.15, 0.2) is 11.6 Å². The van der Waals surface area contributed by atoms with Crippen LogP contribution in [0, 0.1) is 17.5 Å². The maximum atomic E-state index is 13.6. The number of nitrogens with zero attached hydrogens (tertiary/aromatic N) is 1. The van der Waals surface area contributed by atoms with E-state index >= 15 is 0 Å². The van der Waals surface area contributed by atoms with Crippen molar-refractivity contribution in [3.63, 3.8) is 0 Å². The van der Waals surface area contributed by atoms with Gasteiger partial charge in [-0.3, -0.25) is 4.79 Å². The number of hydrogen-bond acceptors (Lipinski definition) is 2. The van der Waals surface area contributed by atoms with Crippen LogP contribution < -0.4 is 0 Å². The predicted octanol–water partition coefficient (Wildman–Crippen LogP) is 4.05. The van der Waals surface area contributed by atoms with Crippen molar-refractivity contribution in [2.24, 2.45) is 0 Å². The summed E-state index contributed by atoms with van der Waals surface area (Å²) >= 11 is 0. The summed E-state index contributed by atoms with van der Waals surface area (Å²) in [7, 11) is 0. The molecular weight excluding hydrogens is 279 g/mol. The van der Waals surface area contributed by atoms with E-state index in [1.165, 1.54) is 12.1 Å². The van der Waals surface area contributed by atoms with Crippen molar-refractivity contribution in [1.82, 2.24) is 4.98 Å². The molecule has 0 bridgehead atoms. The van der Waals surface area contributed by atoms with Gasteiger partial charge in [-0.15, -0.1) is 0 Å². The van der Waals surface area contributed by atoms with Gasteiger partial charge in [0.25, 0.3) is 0 Å². The minimum atomic E-state index is -0.994. The Morgan fingerprint density at radius 2 is 1.86 bits per heavy atom. The number of rotatable bonds is 4. The van der Waals surface area contributed by atoms with E-state index in [2.05, 4.69) is 4.98 Å². The van der Waals surface area contributed by atoms with E-state index < -0.39 is 23.1 Å². The van der Waals surface area contributed by atoms with E-state index in [0.717, 1.165) is 6.20 Å². The Kier molecular flexibility index (Phi) is 4.40. The van der Waals surface area contributed by atoms with Crippen LogP contribution in [0.1, 0.15) is 41.4 Å². The second-order valence-corrected chi connectivity index (χ2v) is 5.09. The summed E-state index contributed by atoms with van der Waals surface area (Å²) in [6, 6.07) is 4.96. The van der Waals surface area contributed by atoms with Crippen molar-refractivity contribution < 1.29 is 18.0 Å². The summed E-state index contributed by atoms with van der Waals surface area (Å²) in [6.45, 7) is 3.68. The van der Waals surface area contributed by atoms with Gasteiger partial charge in [-0.1, -0.05) is 26.0 Å². The highest BCUT2D eigenvalue weighted by Crippen LogP contribution is 2.21. The average Bonchev–Trinajstić information content (AvgIpc) is 2.40. The molecule has 5 heteroatoms. The lowest BCUT2D eigenvalue weighted by Gasteiger charge is -2.09.